The molecule has 0 unspecified atom stereocenters. The van der Waals surface area contributed by atoms with Crippen molar-refractivity contribution in [3.63, 3.8) is 0 Å². The van der Waals surface area contributed by atoms with Gasteiger partial charge in [-0.2, -0.15) is 0 Å². The monoisotopic (exact) mass is 444 g/mol. The lowest BCUT2D eigenvalue weighted by Crippen LogP contribution is -2.37. The number of primary amides is 1. The Labute approximate surface area is 171 Å². The zero-order valence-corrected chi connectivity index (χ0v) is 17.6. The van der Waals surface area contributed by atoms with Crippen LogP contribution in [0.25, 0.3) is 0 Å². The molecule has 3 N–H and O–H groups in total. The van der Waals surface area contributed by atoms with E-state index in [0.29, 0.717) is 5.69 Å². The second-order valence-corrected chi connectivity index (χ2v) is 9.21. The summed E-state index contributed by atoms with van der Waals surface area (Å²) >= 11 is 0.988. The molecule has 1 heterocycles. The number of sulfonamides is 1. The fourth-order valence-electron chi connectivity index (χ4n) is 2.14. The van der Waals surface area contributed by atoms with Crippen molar-refractivity contribution < 1.29 is 27.1 Å². The van der Waals surface area contributed by atoms with Crippen LogP contribution >= 0.6 is 11.3 Å². The molecule has 0 radical (unpaired) electrons. The van der Waals surface area contributed by atoms with Gasteiger partial charge in [0.25, 0.3) is 0 Å². The average Bonchev–Trinajstić information content (AvgIpc) is 3.07. The number of thiazole rings is 1. The molecule has 0 bridgehead atoms. The van der Waals surface area contributed by atoms with Gasteiger partial charge in [0, 0.05) is 11.4 Å². The first-order chi connectivity index (χ1) is 13.5. The van der Waals surface area contributed by atoms with E-state index < -0.39 is 27.7 Å². The van der Waals surface area contributed by atoms with E-state index in [-0.39, 0.29) is 35.6 Å². The number of benzene rings is 1. The number of halogens is 1. The van der Waals surface area contributed by atoms with Gasteiger partial charge in [0.1, 0.15) is 11.6 Å². The van der Waals surface area contributed by atoms with Crippen LogP contribution in [-0.2, 0) is 26.2 Å². The lowest BCUT2D eigenvalue weighted by Gasteiger charge is -2.22. The summed E-state index contributed by atoms with van der Waals surface area (Å²) in [7, 11) is -3.44. The Kier molecular flexibility index (Phi) is 7.27. The summed E-state index contributed by atoms with van der Waals surface area (Å²) in [5.41, 5.74) is 5.59. The summed E-state index contributed by atoms with van der Waals surface area (Å²) < 4.78 is 44.2. The van der Waals surface area contributed by atoms with E-state index in [0.717, 1.165) is 34.6 Å². The second-order valence-electron chi connectivity index (χ2n) is 6.54. The lowest BCUT2D eigenvalue weighted by molar-refractivity contribution is -0.135. The number of hydrogen-bond acceptors (Lipinski definition) is 7. The highest BCUT2D eigenvalue weighted by Crippen LogP contribution is 2.36. The number of carbonyl (C=O) groups is 2. The fraction of sp³-hybridized carbons (Fsp3) is 0.353. The van der Waals surface area contributed by atoms with E-state index in [1.165, 1.54) is 11.4 Å². The molecule has 1 aromatic carbocycles. The van der Waals surface area contributed by atoms with E-state index in [1.807, 2.05) is 13.8 Å². The van der Waals surface area contributed by atoms with E-state index in [9.17, 15) is 22.4 Å². The quantitative estimate of drug-likeness (QED) is 0.594. The molecule has 0 aliphatic carbocycles. The highest BCUT2D eigenvalue weighted by atomic mass is 32.2. The minimum Gasteiger partial charge on any atom is -0.491 e. The van der Waals surface area contributed by atoms with Crippen molar-refractivity contribution in [2.75, 3.05) is 17.8 Å². The Hall–Kier alpha value is -2.57. The summed E-state index contributed by atoms with van der Waals surface area (Å²) in [5, 5.41) is 1.58. The minimum absolute atomic E-state index is 0.0410. The fourth-order valence-corrected chi connectivity index (χ4v) is 3.38. The molecular weight excluding hydrogens is 423 g/mol. The number of ether oxygens (including phenoxy) is 1. The van der Waals surface area contributed by atoms with Crippen molar-refractivity contribution in [2.24, 2.45) is 11.7 Å². The molecule has 0 saturated carbocycles. The Morgan fingerprint density at radius 2 is 2.07 bits per heavy atom. The number of anilines is 2. The van der Waals surface area contributed by atoms with Crippen molar-refractivity contribution in [3.05, 3.63) is 35.1 Å². The molecular formula is C17H21FN4O5S2. The largest absolute Gasteiger partial charge is 0.491 e. The number of nitrogens with two attached hydrogens (primary N) is 1. The summed E-state index contributed by atoms with van der Waals surface area (Å²) in [6.07, 6.45) is 1.00. The van der Waals surface area contributed by atoms with Gasteiger partial charge < -0.3 is 10.5 Å². The normalized spacial score (nSPS) is 11.5. The molecule has 2 aromatic rings. The van der Waals surface area contributed by atoms with E-state index in [2.05, 4.69) is 9.71 Å². The van der Waals surface area contributed by atoms with Gasteiger partial charge in [0.2, 0.25) is 10.0 Å². The molecule has 29 heavy (non-hydrogen) atoms. The van der Waals surface area contributed by atoms with Gasteiger partial charge in [-0.3, -0.25) is 9.59 Å². The molecule has 0 fully saturated rings. The number of rotatable bonds is 8. The molecule has 158 valence electrons. The van der Waals surface area contributed by atoms with Gasteiger partial charge >= 0.3 is 11.8 Å². The topological polar surface area (TPSA) is 132 Å². The summed E-state index contributed by atoms with van der Waals surface area (Å²) in [5.74, 6) is -2.76. The van der Waals surface area contributed by atoms with Crippen LogP contribution in [-0.4, -0.2) is 38.1 Å². The third kappa shape index (κ3) is 6.48. The third-order valence-electron chi connectivity index (χ3n) is 3.40. The highest BCUT2D eigenvalue weighted by Gasteiger charge is 2.28. The standard InChI is InChI=1S/C17H21FN4O5S2/c1-10(2)8-27-14-6-11(18)4-5-13(14)22(16(24)15(19)23)17-21-12(9-28-17)7-20-29(3,25)26/h4-6,9-10,20H,7-8H2,1-3H3,(H2,19,23). The number of nitrogens with zero attached hydrogens (tertiary/aromatic N) is 2. The predicted octanol–water partition coefficient (Wildman–Crippen LogP) is 1.52. The number of aromatic nitrogens is 1. The summed E-state index contributed by atoms with van der Waals surface area (Å²) in [4.78, 5) is 29.2. The van der Waals surface area contributed by atoms with Crippen LogP contribution in [0.1, 0.15) is 19.5 Å². The van der Waals surface area contributed by atoms with Crippen molar-refractivity contribution in [3.8, 4) is 5.75 Å². The summed E-state index contributed by atoms with van der Waals surface area (Å²) in [6, 6.07) is 3.49. The van der Waals surface area contributed by atoms with Crippen molar-refractivity contribution in [1.29, 1.82) is 0 Å². The van der Waals surface area contributed by atoms with Gasteiger partial charge in [-0.05, 0) is 18.1 Å². The highest BCUT2D eigenvalue weighted by molar-refractivity contribution is 7.88. The maximum absolute atomic E-state index is 13.8. The van der Waals surface area contributed by atoms with Crippen LogP contribution in [0, 0.1) is 11.7 Å². The Balaban J connectivity index is 2.46. The van der Waals surface area contributed by atoms with Gasteiger partial charge in [-0.1, -0.05) is 13.8 Å². The predicted molar refractivity (Wildman–Crippen MR) is 107 cm³/mol. The van der Waals surface area contributed by atoms with E-state index in [1.54, 1.807) is 0 Å². The molecule has 0 spiro atoms. The third-order valence-corrected chi connectivity index (χ3v) is 4.94. The first-order valence-electron chi connectivity index (χ1n) is 8.43. The molecule has 0 saturated heterocycles. The number of hydrogen-bond donors (Lipinski definition) is 2. The number of carbonyl (C=O) groups excluding carboxylic acids is 2. The lowest BCUT2D eigenvalue weighted by atomic mass is 10.2. The van der Waals surface area contributed by atoms with Crippen LogP contribution in [0.3, 0.4) is 0 Å². The van der Waals surface area contributed by atoms with Crippen molar-refractivity contribution in [2.45, 2.75) is 20.4 Å². The van der Waals surface area contributed by atoms with Crippen LogP contribution in [0.4, 0.5) is 15.2 Å². The van der Waals surface area contributed by atoms with Gasteiger partial charge in [-0.25, -0.2) is 27.4 Å². The maximum atomic E-state index is 13.8. The van der Waals surface area contributed by atoms with Gasteiger partial charge in [0.15, 0.2) is 5.13 Å². The van der Waals surface area contributed by atoms with Gasteiger partial charge in [0.05, 0.1) is 30.8 Å². The average molecular weight is 445 g/mol. The first-order valence-corrected chi connectivity index (χ1v) is 11.2. The van der Waals surface area contributed by atoms with Crippen LogP contribution in [0.15, 0.2) is 23.6 Å². The Bertz CT molecular complexity index is 1010. The van der Waals surface area contributed by atoms with Crippen molar-refractivity contribution >= 4 is 44.0 Å². The van der Waals surface area contributed by atoms with Crippen LogP contribution in [0.2, 0.25) is 0 Å². The van der Waals surface area contributed by atoms with E-state index >= 15 is 0 Å². The molecule has 0 aliphatic heterocycles. The minimum atomic E-state index is -3.44. The summed E-state index contributed by atoms with van der Waals surface area (Å²) in [6.45, 7) is 3.94. The molecule has 2 amide bonds. The molecule has 12 heteroatoms. The maximum Gasteiger partial charge on any atom is 0.322 e. The number of nitrogens with one attached hydrogen (secondary N) is 1. The smallest absolute Gasteiger partial charge is 0.322 e. The molecule has 2 rings (SSSR count). The Morgan fingerprint density at radius 3 is 2.66 bits per heavy atom. The molecule has 0 aliphatic rings. The Morgan fingerprint density at radius 1 is 1.38 bits per heavy atom. The van der Waals surface area contributed by atoms with Crippen LogP contribution in [0.5, 0.6) is 5.75 Å². The molecule has 1 aromatic heterocycles. The SMILES string of the molecule is CC(C)COc1cc(F)ccc1N(C(=O)C(N)=O)c1nc(CNS(C)(=O)=O)cs1. The molecule has 9 nitrogen and oxygen atoms in total. The zero-order chi connectivity index (χ0) is 21.8. The van der Waals surface area contributed by atoms with Crippen molar-refractivity contribution in [1.82, 2.24) is 9.71 Å². The van der Waals surface area contributed by atoms with E-state index in [4.69, 9.17) is 10.5 Å². The van der Waals surface area contributed by atoms with Crippen LogP contribution < -0.4 is 20.1 Å². The zero-order valence-electron chi connectivity index (χ0n) is 16.0. The molecule has 0 atom stereocenters. The second kappa shape index (κ2) is 9.29. The number of amides is 2. The van der Waals surface area contributed by atoms with Gasteiger partial charge in [-0.15, -0.1) is 11.3 Å². The first kappa shape index (κ1) is 22.7.